The van der Waals surface area contributed by atoms with Crippen LogP contribution in [0.3, 0.4) is 0 Å². The molecule has 0 atom stereocenters. The fourth-order valence-corrected chi connectivity index (χ4v) is 2.11. The largest absolute Gasteiger partial charge is 0.497 e. The minimum Gasteiger partial charge on any atom is -0.497 e. The Kier molecular flexibility index (Phi) is 5.50. The lowest BCUT2D eigenvalue weighted by atomic mass is 10.2. The van der Waals surface area contributed by atoms with Crippen molar-refractivity contribution < 1.29 is 9.47 Å². The first kappa shape index (κ1) is 14.5. The lowest BCUT2D eigenvalue weighted by Gasteiger charge is -2.11. The molecule has 0 amide bonds. The molecule has 2 aromatic rings. The number of nitrogens with two attached hydrogens (primary N) is 1. The summed E-state index contributed by atoms with van der Waals surface area (Å²) in [5.41, 5.74) is 6.86. The van der Waals surface area contributed by atoms with Gasteiger partial charge in [0.15, 0.2) is 0 Å². The highest BCUT2D eigenvalue weighted by molar-refractivity contribution is 5.31. The second-order valence-electron chi connectivity index (χ2n) is 4.61. The number of aryl methyl sites for hydroxylation is 1. The van der Waals surface area contributed by atoms with Gasteiger partial charge >= 0.3 is 0 Å². The molecule has 0 fully saturated rings. The highest BCUT2D eigenvalue weighted by Gasteiger charge is 2.01. The topological polar surface area (TPSA) is 49.4 Å². The second-order valence-corrected chi connectivity index (χ2v) is 4.61. The van der Waals surface area contributed by atoms with E-state index in [0.29, 0.717) is 6.61 Å². The Labute approximate surface area is 120 Å². The molecule has 0 saturated heterocycles. The summed E-state index contributed by atoms with van der Waals surface area (Å²) in [6.45, 7) is 2.23. The molecule has 0 spiro atoms. The Hall–Kier alpha value is -1.94. The summed E-state index contributed by atoms with van der Waals surface area (Å²) in [5.74, 6) is 1.70. The summed E-state index contributed by atoms with van der Waals surface area (Å²) in [6.07, 6.45) is 4.12. The van der Waals surface area contributed by atoms with Crippen LogP contribution in [0, 0.1) is 0 Å². The molecule has 0 bridgehead atoms. The first-order valence-electron chi connectivity index (χ1n) is 6.94. The fraction of sp³-hybridized carbons (Fsp3) is 0.375. The summed E-state index contributed by atoms with van der Waals surface area (Å²) < 4.78 is 13.1. The van der Waals surface area contributed by atoms with Crippen LogP contribution in [0.25, 0.3) is 0 Å². The summed E-state index contributed by atoms with van der Waals surface area (Å²) >= 11 is 0. The Bertz CT molecular complexity index is 505. The van der Waals surface area contributed by atoms with Crippen LogP contribution in [0.5, 0.6) is 11.5 Å². The predicted octanol–water partition coefficient (Wildman–Crippen LogP) is 2.47. The van der Waals surface area contributed by atoms with Gasteiger partial charge in [0.25, 0.3) is 0 Å². The molecule has 0 saturated carbocycles. The third-order valence-electron chi connectivity index (χ3n) is 3.22. The molecule has 4 heteroatoms. The maximum absolute atomic E-state index is 5.74. The Morgan fingerprint density at radius 3 is 2.55 bits per heavy atom. The lowest BCUT2D eigenvalue weighted by Crippen LogP contribution is -2.11. The molecule has 0 aliphatic rings. The summed E-state index contributed by atoms with van der Waals surface area (Å²) in [5, 5.41) is 0. The normalized spacial score (nSPS) is 10.5. The molecule has 0 radical (unpaired) electrons. The number of hydrogen-bond acceptors (Lipinski definition) is 3. The first-order chi connectivity index (χ1) is 9.83. The molecule has 0 unspecified atom stereocenters. The van der Waals surface area contributed by atoms with Gasteiger partial charge in [-0.3, -0.25) is 0 Å². The fourth-order valence-electron chi connectivity index (χ4n) is 2.11. The number of methoxy groups -OCH3 is 1. The SMILES string of the molecule is COc1ccc(OCCn2cccc2CCCN)cc1. The van der Waals surface area contributed by atoms with Crippen molar-refractivity contribution in [2.45, 2.75) is 19.4 Å². The van der Waals surface area contributed by atoms with Crippen LogP contribution in [0.15, 0.2) is 42.6 Å². The van der Waals surface area contributed by atoms with Gasteiger partial charge < -0.3 is 19.8 Å². The number of ether oxygens (including phenoxy) is 2. The number of benzene rings is 1. The molecule has 2 N–H and O–H groups in total. The predicted molar refractivity (Wildman–Crippen MR) is 80.3 cm³/mol. The maximum atomic E-state index is 5.74. The molecule has 1 heterocycles. The van der Waals surface area contributed by atoms with Gasteiger partial charge in [0.05, 0.1) is 13.7 Å². The summed E-state index contributed by atoms with van der Waals surface area (Å²) in [4.78, 5) is 0. The molecule has 108 valence electrons. The van der Waals surface area contributed by atoms with Crippen LogP contribution in [0.2, 0.25) is 0 Å². The van der Waals surface area contributed by atoms with Gasteiger partial charge in [0.2, 0.25) is 0 Å². The van der Waals surface area contributed by atoms with Crippen molar-refractivity contribution in [3.05, 3.63) is 48.3 Å². The van der Waals surface area contributed by atoms with Crippen LogP contribution in [-0.2, 0) is 13.0 Å². The summed E-state index contributed by atoms with van der Waals surface area (Å²) in [7, 11) is 1.66. The molecular formula is C16H22N2O2. The van der Waals surface area contributed by atoms with Crippen LogP contribution in [-0.4, -0.2) is 24.8 Å². The van der Waals surface area contributed by atoms with E-state index in [4.69, 9.17) is 15.2 Å². The van der Waals surface area contributed by atoms with Crippen LogP contribution in [0.1, 0.15) is 12.1 Å². The molecule has 0 aliphatic heterocycles. The van der Waals surface area contributed by atoms with Gasteiger partial charge in [-0.05, 0) is 55.8 Å². The van der Waals surface area contributed by atoms with E-state index in [2.05, 4.69) is 22.9 Å². The lowest BCUT2D eigenvalue weighted by molar-refractivity contribution is 0.296. The van der Waals surface area contributed by atoms with Crippen molar-refractivity contribution in [3.8, 4) is 11.5 Å². The zero-order valence-corrected chi connectivity index (χ0v) is 11.9. The van der Waals surface area contributed by atoms with E-state index in [1.165, 1.54) is 5.69 Å². The number of hydrogen-bond donors (Lipinski definition) is 1. The highest BCUT2D eigenvalue weighted by Crippen LogP contribution is 2.17. The van der Waals surface area contributed by atoms with Crippen LogP contribution < -0.4 is 15.2 Å². The maximum Gasteiger partial charge on any atom is 0.119 e. The minimum atomic E-state index is 0.649. The smallest absolute Gasteiger partial charge is 0.119 e. The van der Waals surface area contributed by atoms with E-state index >= 15 is 0 Å². The standard InChI is InChI=1S/C16H22N2O2/c1-19-15-6-8-16(9-7-15)20-13-12-18-11-3-5-14(18)4-2-10-17/h3,5-9,11H,2,4,10,12-13,17H2,1H3. The highest BCUT2D eigenvalue weighted by atomic mass is 16.5. The van der Waals surface area contributed by atoms with Crippen molar-refractivity contribution in [1.29, 1.82) is 0 Å². The second kappa shape index (κ2) is 7.60. The van der Waals surface area contributed by atoms with Gasteiger partial charge in [-0.2, -0.15) is 0 Å². The molecular weight excluding hydrogens is 252 g/mol. The zero-order chi connectivity index (χ0) is 14.2. The minimum absolute atomic E-state index is 0.649. The average molecular weight is 274 g/mol. The summed E-state index contributed by atoms with van der Waals surface area (Å²) in [6, 6.07) is 11.9. The van der Waals surface area contributed by atoms with Gasteiger partial charge in [0, 0.05) is 11.9 Å². The Morgan fingerprint density at radius 1 is 1.10 bits per heavy atom. The van der Waals surface area contributed by atoms with Gasteiger partial charge in [-0.25, -0.2) is 0 Å². The van der Waals surface area contributed by atoms with E-state index in [-0.39, 0.29) is 0 Å². The van der Waals surface area contributed by atoms with Crippen molar-refractivity contribution in [1.82, 2.24) is 4.57 Å². The average Bonchev–Trinajstić information content (AvgIpc) is 2.93. The molecule has 2 rings (SSSR count). The van der Waals surface area contributed by atoms with E-state index < -0.39 is 0 Å². The first-order valence-corrected chi connectivity index (χ1v) is 6.94. The molecule has 1 aromatic carbocycles. The third kappa shape index (κ3) is 4.03. The van der Waals surface area contributed by atoms with E-state index in [1.54, 1.807) is 7.11 Å². The van der Waals surface area contributed by atoms with Gasteiger partial charge in [0.1, 0.15) is 18.1 Å². The third-order valence-corrected chi connectivity index (χ3v) is 3.22. The van der Waals surface area contributed by atoms with Crippen molar-refractivity contribution in [2.24, 2.45) is 5.73 Å². The Morgan fingerprint density at radius 2 is 1.85 bits per heavy atom. The van der Waals surface area contributed by atoms with Crippen molar-refractivity contribution in [2.75, 3.05) is 20.3 Å². The van der Waals surface area contributed by atoms with Crippen LogP contribution in [0.4, 0.5) is 0 Å². The zero-order valence-electron chi connectivity index (χ0n) is 11.9. The monoisotopic (exact) mass is 274 g/mol. The van der Waals surface area contributed by atoms with Gasteiger partial charge in [-0.1, -0.05) is 0 Å². The van der Waals surface area contributed by atoms with E-state index in [1.807, 2.05) is 24.3 Å². The molecule has 20 heavy (non-hydrogen) atoms. The van der Waals surface area contributed by atoms with E-state index in [9.17, 15) is 0 Å². The number of rotatable bonds is 8. The number of aromatic nitrogens is 1. The molecule has 1 aromatic heterocycles. The van der Waals surface area contributed by atoms with Crippen molar-refractivity contribution >= 4 is 0 Å². The van der Waals surface area contributed by atoms with E-state index in [0.717, 1.165) is 37.4 Å². The molecule has 4 nitrogen and oxygen atoms in total. The Balaban J connectivity index is 1.81. The number of nitrogens with zero attached hydrogens (tertiary/aromatic N) is 1. The molecule has 0 aliphatic carbocycles. The quantitative estimate of drug-likeness (QED) is 0.804. The van der Waals surface area contributed by atoms with Gasteiger partial charge in [-0.15, -0.1) is 0 Å². The van der Waals surface area contributed by atoms with Crippen molar-refractivity contribution in [3.63, 3.8) is 0 Å². The van der Waals surface area contributed by atoms with Crippen LogP contribution >= 0.6 is 0 Å².